The van der Waals surface area contributed by atoms with Crippen LogP contribution < -0.4 is 5.32 Å². The number of nitrogens with zero attached hydrogens (tertiary/aromatic N) is 2. The molecule has 0 aromatic carbocycles. The van der Waals surface area contributed by atoms with Crippen molar-refractivity contribution in [1.82, 2.24) is 15.3 Å². The number of aromatic nitrogens is 2. The minimum Gasteiger partial charge on any atom is -0.341 e. The molecule has 1 atom stereocenters. The molecule has 1 aromatic rings. The Bertz CT molecular complexity index is 373. The van der Waals surface area contributed by atoms with Crippen molar-refractivity contribution in [2.24, 2.45) is 0 Å². The van der Waals surface area contributed by atoms with Gasteiger partial charge in [0.05, 0.1) is 17.9 Å². The van der Waals surface area contributed by atoms with Gasteiger partial charge in [0.1, 0.15) is 5.69 Å². The smallest absolute Gasteiger partial charge is 0.272 e. The van der Waals surface area contributed by atoms with Crippen LogP contribution in [0.15, 0.2) is 12.4 Å². The molecule has 5 heteroatoms. The molecule has 0 saturated heterocycles. The van der Waals surface area contributed by atoms with E-state index >= 15 is 0 Å². The zero-order valence-electron chi connectivity index (χ0n) is 8.94. The number of Topliss-reactive ketones (excluding diaryl/α,β-unsaturated/α-hetero) is 1. The maximum atomic E-state index is 11.5. The lowest BCUT2D eigenvalue weighted by atomic mass is 10.2. The molecule has 1 amide bonds. The van der Waals surface area contributed by atoms with Crippen molar-refractivity contribution in [3.05, 3.63) is 23.8 Å². The van der Waals surface area contributed by atoms with Crippen LogP contribution in [0.3, 0.4) is 0 Å². The lowest BCUT2D eigenvalue weighted by Crippen LogP contribution is -2.37. The zero-order valence-corrected chi connectivity index (χ0v) is 8.94. The van der Waals surface area contributed by atoms with Crippen LogP contribution in [0, 0.1) is 6.92 Å². The van der Waals surface area contributed by atoms with E-state index < -0.39 is 6.04 Å². The van der Waals surface area contributed by atoms with E-state index in [2.05, 4.69) is 15.3 Å². The van der Waals surface area contributed by atoms with Crippen LogP contribution in [-0.4, -0.2) is 27.7 Å². The second-order valence-electron chi connectivity index (χ2n) is 3.35. The van der Waals surface area contributed by atoms with E-state index in [1.165, 1.54) is 19.3 Å². The van der Waals surface area contributed by atoms with E-state index in [4.69, 9.17) is 0 Å². The first-order valence-electron chi connectivity index (χ1n) is 4.60. The van der Waals surface area contributed by atoms with Crippen LogP contribution >= 0.6 is 0 Å². The highest BCUT2D eigenvalue weighted by molar-refractivity contribution is 5.95. The molecule has 0 saturated carbocycles. The van der Waals surface area contributed by atoms with E-state index in [0.29, 0.717) is 0 Å². The number of hydrogen-bond acceptors (Lipinski definition) is 4. The molecule has 0 fully saturated rings. The van der Waals surface area contributed by atoms with Gasteiger partial charge in [0.25, 0.3) is 5.91 Å². The number of ketones is 1. The largest absolute Gasteiger partial charge is 0.341 e. The standard InChI is InChI=1S/C10H13N3O2/c1-6-4-12-9(5-11-6)10(15)13-7(2)8(3)14/h4-5,7H,1-3H3,(H,13,15). The van der Waals surface area contributed by atoms with Gasteiger partial charge in [0.2, 0.25) is 0 Å². The van der Waals surface area contributed by atoms with Gasteiger partial charge < -0.3 is 5.32 Å². The van der Waals surface area contributed by atoms with Crippen LogP contribution in [0.5, 0.6) is 0 Å². The van der Waals surface area contributed by atoms with E-state index in [-0.39, 0.29) is 17.4 Å². The highest BCUT2D eigenvalue weighted by Gasteiger charge is 2.13. The van der Waals surface area contributed by atoms with Crippen molar-refractivity contribution in [3.8, 4) is 0 Å². The van der Waals surface area contributed by atoms with Gasteiger partial charge in [-0.1, -0.05) is 0 Å². The van der Waals surface area contributed by atoms with Crippen LogP contribution in [0.25, 0.3) is 0 Å². The Hall–Kier alpha value is -1.78. The lowest BCUT2D eigenvalue weighted by Gasteiger charge is -2.09. The molecular weight excluding hydrogens is 194 g/mol. The molecule has 1 aromatic heterocycles. The summed E-state index contributed by atoms with van der Waals surface area (Å²) in [5.41, 5.74) is 0.958. The maximum Gasteiger partial charge on any atom is 0.272 e. The fourth-order valence-corrected chi connectivity index (χ4v) is 0.882. The second kappa shape index (κ2) is 4.63. The van der Waals surface area contributed by atoms with Gasteiger partial charge in [-0.15, -0.1) is 0 Å². The van der Waals surface area contributed by atoms with E-state index in [9.17, 15) is 9.59 Å². The summed E-state index contributed by atoms with van der Waals surface area (Å²) in [5.74, 6) is -0.478. The molecule has 1 N–H and O–H groups in total. The molecule has 0 aliphatic heterocycles. The van der Waals surface area contributed by atoms with Gasteiger partial charge in [0.15, 0.2) is 5.78 Å². The molecule has 0 spiro atoms. The first-order valence-corrected chi connectivity index (χ1v) is 4.60. The van der Waals surface area contributed by atoms with Gasteiger partial charge in [-0.3, -0.25) is 14.6 Å². The number of carbonyl (C=O) groups is 2. The maximum absolute atomic E-state index is 11.5. The van der Waals surface area contributed by atoms with Gasteiger partial charge >= 0.3 is 0 Å². The van der Waals surface area contributed by atoms with Crippen molar-refractivity contribution in [1.29, 1.82) is 0 Å². The monoisotopic (exact) mass is 207 g/mol. The van der Waals surface area contributed by atoms with Gasteiger partial charge in [-0.25, -0.2) is 4.98 Å². The second-order valence-corrected chi connectivity index (χ2v) is 3.35. The lowest BCUT2D eigenvalue weighted by molar-refractivity contribution is -0.118. The number of amides is 1. The van der Waals surface area contributed by atoms with Crippen molar-refractivity contribution < 1.29 is 9.59 Å². The van der Waals surface area contributed by atoms with E-state index in [1.807, 2.05) is 0 Å². The summed E-state index contributed by atoms with van der Waals surface area (Å²) < 4.78 is 0. The molecule has 0 bridgehead atoms. The Kier molecular flexibility index (Phi) is 3.49. The van der Waals surface area contributed by atoms with E-state index in [0.717, 1.165) is 5.69 Å². The quantitative estimate of drug-likeness (QED) is 0.783. The summed E-state index contributed by atoms with van der Waals surface area (Å²) in [6, 6.07) is -0.499. The summed E-state index contributed by atoms with van der Waals surface area (Å²) in [6.07, 6.45) is 2.89. The van der Waals surface area contributed by atoms with Gasteiger partial charge in [-0.05, 0) is 20.8 Å². The van der Waals surface area contributed by atoms with Crippen molar-refractivity contribution in [3.63, 3.8) is 0 Å². The molecular formula is C10H13N3O2. The molecule has 1 rings (SSSR count). The Morgan fingerprint density at radius 3 is 2.47 bits per heavy atom. The number of hydrogen-bond donors (Lipinski definition) is 1. The molecule has 0 radical (unpaired) electrons. The fourth-order valence-electron chi connectivity index (χ4n) is 0.882. The number of aryl methyl sites for hydroxylation is 1. The molecule has 5 nitrogen and oxygen atoms in total. The zero-order chi connectivity index (χ0) is 11.4. The fraction of sp³-hybridized carbons (Fsp3) is 0.400. The predicted octanol–water partition coefficient (Wildman–Crippen LogP) is 0.492. The molecule has 0 aliphatic rings. The highest BCUT2D eigenvalue weighted by atomic mass is 16.2. The summed E-state index contributed by atoms with van der Waals surface area (Å²) >= 11 is 0. The van der Waals surface area contributed by atoms with Crippen LogP contribution in [0.1, 0.15) is 30.0 Å². The summed E-state index contributed by atoms with van der Waals surface area (Å²) in [6.45, 7) is 4.83. The number of rotatable bonds is 3. The SMILES string of the molecule is CC(=O)C(C)NC(=O)c1cnc(C)cn1. The highest BCUT2D eigenvalue weighted by Crippen LogP contribution is 1.95. The van der Waals surface area contributed by atoms with Gasteiger partial charge in [0, 0.05) is 6.20 Å². The van der Waals surface area contributed by atoms with Crippen molar-refractivity contribution in [2.45, 2.75) is 26.8 Å². The third-order valence-electron chi connectivity index (χ3n) is 1.97. The Morgan fingerprint density at radius 1 is 1.33 bits per heavy atom. The average Bonchev–Trinajstić information content (AvgIpc) is 2.18. The van der Waals surface area contributed by atoms with E-state index in [1.54, 1.807) is 13.8 Å². The summed E-state index contributed by atoms with van der Waals surface area (Å²) in [4.78, 5) is 30.3. The van der Waals surface area contributed by atoms with Crippen molar-refractivity contribution >= 4 is 11.7 Å². The van der Waals surface area contributed by atoms with Crippen LogP contribution in [-0.2, 0) is 4.79 Å². The normalized spacial score (nSPS) is 11.9. The molecule has 15 heavy (non-hydrogen) atoms. The van der Waals surface area contributed by atoms with Crippen LogP contribution in [0.4, 0.5) is 0 Å². The third kappa shape index (κ3) is 3.12. The van der Waals surface area contributed by atoms with Gasteiger partial charge in [-0.2, -0.15) is 0 Å². The predicted molar refractivity (Wildman–Crippen MR) is 54.4 cm³/mol. The molecule has 1 heterocycles. The molecule has 80 valence electrons. The first-order chi connectivity index (χ1) is 7.00. The van der Waals surface area contributed by atoms with Crippen LogP contribution in [0.2, 0.25) is 0 Å². The Labute approximate surface area is 87.9 Å². The topological polar surface area (TPSA) is 72.0 Å². The average molecular weight is 207 g/mol. The summed E-state index contributed by atoms with van der Waals surface area (Å²) in [7, 11) is 0. The third-order valence-corrected chi connectivity index (χ3v) is 1.97. The first kappa shape index (κ1) is 11.3. The minimum absolute atomic E-state index is 0.0941. The number of nitrogens with one attached hydrogen (secondary N) is 1. The minimum atomic E-state index is -0.499. The molecule has 0 aliphatic carbocycles. The van der Waals surface area contributed by atoms with Crippen molar-refractivity contribution in [2.75, 3.05) is 0 Å². The Balaban J connectivity index is 2.69. The molecule has 1 unspecified atom stereocenters. The number of carbonyl (C=O) groups excluding carboxylic acids is 2. The Morgan fingerprint density at radius 2 is 2.00 bits per heavy atom. The summed E-state index contributed by atoms with van der Waals surface area (Å²) in [5, 5.41) is 2.52.